The molecule has 0 aliphatic rings. The van der Waals surface area contributed by atoms with Crippen molar-refractivity contribution in [3.8, 4) is 0 Å². The normalized spacial score (nSPS) is 10.6. The molecule has 2 N–H and O–H groups in total. The molecular weight excluding hydrogens is 551 g/mol. The van der Waals surface area contributed by atoms with Crippen molar-refractivity contribution in [2.75, 3.05) is 23.8 Å². The molecule has 2 aromatic carbocycles. The van der Waals surface area contributed by atoms with Crippen molar-refractivity contribution < 1.29 is 19.1 Å². The number of nitrogens with one attached hydrogen (secondary N) is 2. The molecule has 0 bridgehead atoms. The summed E-state index contributed by atoms with van der Waals surface area (Å²) >= 11 is 12.4. The zero-order chi connectivity index (χ0) is 28.5. The maximum atomic E-state index is 12.7. The number of carbonyl (C=O) groups is 2. The van der Waals surface area contributed by atoms with Crippen molar-refractivity contribution >= 4 is 58.2 Å². The molecule has 40 heavy (non-hydrogen) atoms. The highest BCUT2D eigenvalue weighted by Crippen LogP contribution is 2.28. The number of hydrogen-bond acceptors (Lipinski definition) is 8. The van der Waals surface area contributed by atoms with E-state index >= 15 is 0 Å². The number of carbonyl (C=O) groups excluding carboxylic acids is 2. The monoisotopic (exact) mass is 578 g/mol. The number of hydrogen-bond donors (Lipinski definition) is 2. The molecule has 2 heterocycles. The van der Waals surface area contributed by atoms with E-state index < -0.39 is 11.9 Å². The number of unbranched alkanes of at least 4 members (excludes halogenated alkanes) is 1. The number of nitrogens with zero attached hydrogens (tertiary/aromatic N) is 2. The van der Waals surface area contributed by atoms with Gasteiger partial charge in [-0.15, -0.1) is 0 Å². The Morgan fingerprint density at radius 3 is 1.52 bits per heavy atom. The maximum absolute atomic E-state index is 12.7. The van der Waals surface area contributed by atoms with Gasteiger partial charge in [-0.05, 0) is 86.3 Å². The molecule has 8 nitrogen and oxygen atoms in total. The molecule has 0 unspecified atom stereocenters. The molecule has 0 aliphatic heterocycles. The Labute approximate surface area is 242 Å². The Bertz CT molecular complexity index is 1400. The zero-order valence-corrected chi connectivity index (χ0v) is 23.6. The van der Waals surface area contributed by atoms with Gasteiger partial charge >= 0.3 is 11.9 Å². The van der Waals surface area contributed by atoms with Crippen LogP contribution < -0.4 is 10.6 Å². The number of ether oxygens (including phenoxy) is 2. The number of halogens is 2. The van der Waals surface area contributed by atoms with Gasteiger partial charge in [0.1, 0.15) is 22.8 Å². The number of benzene rings is 2. The number of aromatic nitrogens is 2. The van der Waals surface area contributed by atoms with Gasteiger partial charge in [-0.25, -0.2) is 19.6 Å². The van der Waals surface area contributed by atoms with Gasteiger partial charge in [-0.3, -0.25) is 0 Å². The molecule has 2 aromatic heterocycles. The van der Waals surface area contributed by atoms with Gasteiger partial charge in [0.25, 0.3) is 0 Å². The van der Waals surface area contributed by atoms with Crippen LogP contribution in [0.15, 0.2) is 73.1 Å². The fraction of sp³-hybridized carbons (Fsp3) is 0.200. The highest BCUT2D eigenvalue weighted by molar-refractivity contribution is 6.32. The average molecular weight is 579 g/mol. The molecule has 0 atom stereocenters. The van der Waals surface area contributed by atoms with Gasteiger partial charge in [-0.2, -0.15) is 0 Å². The molecule has 0 spiro atoms. The van der Waals surface area contributed by atoms with Crippen LogP contribution >= 0.6 is 23.2 Å². The zero-order valence-electron chi connectivity index (χ0n) is 22.0. The first-order chi connectivity index (χ1) is 19.3. The Morgan fingerprint density at radius 2 is 1.10 bits per heavy atom. The lowest BCUT2D eigenvalue weighted by atomic mass is 10.2. The van der Waals surface area contributed by atoms with Crippen molar-refractivity contribution in [1.82, 2.24) is 9.97 Å². The van der Waals surface area contributed by atoms with Crippen LogP contribution in [-0.2, 0) is 9.47 Å². The minimum absolute atomic E-state index is 0.161. The van der Waals surface area contributed by atoms with Crippen LogP contribution in [0.3, 0.4) is 0 Å². The van der Waals surface area contributed by atoms with Crippen molar-refractivity contribution in [2.45, 2.75) is 26.7 Å². The van der Waals surface area contributed by atoms with Crippen LogP contribution in [0.4, 0.5) is 23.0 Å². The van der Waals surface area contributed by atoms with Crippen LogP contribution in [-0.4, -0.2) is 35.1 Å². The first kappa shape index (κ1) is 28.9. The summed E-state index contributed by atoms with van der Waals surface area (Å²) in [7, 11) is 0. The molecule has 206 valence electrons. The Hall–Kier alpha value is -4.14. The molecule has 0 saturated carbocycles. The van der Waals surface area contributed by atoms with Crippen molar-refractivity contribution in [1.29, 1.82) is 0 Å². The second-order valence-corrected chi connectivity index (χ2v) is 9.67. The molecule has 4 rings (SSSR count). The van der Waals surface area contributed by atoms with E-state index in [-0.39, 0.29) is 13.2 Å². The van der Waals surface area contributed by atoms with E-state index in [4.69, 9.17) is 32.7 Å². The quantitative estimate of drug-likeness (QED) is 0.138. The lowest BCUT2D eigenvalue weighted by Crippen LogP contribution is -2.12. The van der Waals surface area contributed by atoms with Crippen LogP contribution in [0.2, 0.25) is 10.0 Å². The summed E-state index contributed by atoms with van der Waals surface area (Å²) in [6, 6.07) is 17.6. The molecule has 0 fully saturated rings. The van der Waals surface area contributed by atoms with E-state index in [0.717, 1.165) is 22.5 Å². The van der Waals surface area contributed by atoms with E-state index in [1.54, 1.807) is 48.8 Å². The van der Waals surface area contributed by atoms with E-state index in [0.29, 0.717) is 45.6 Å². The lowest BCUT2D eigenvalue weighted by molar-refractivity contribution is 0.0433. The third-order valence-corrected chi connectivity index (χ3v) is 6.92. The number of anilines is 4. The molecule has 10 heteroatoms. The third-order valence-electron chi connectivity index (χ3n) is 6.10. The van der Waals surface area contributed by atoms with E-state index in [9.17, 15) is 9.59 Å². The summed E-state index contributed by atoms with van der Waals surface area (Å²) in [5.41, 5.74) is 3.79. The summed E-state index contributed by atoms with van der Waals surface area (Å²) in [4.78, 5) is 34.0. The van der Waals surface area contributed by atoms with E-state index in [1.165, 1.54) is 0 Å². The van der Waals surface area contributed by atoms with Crippen LogP contribution in [0, 0.1) is 13.8 Å². The van der Waals surface area contributed by atoms with Crippen LogP contribution in [0.5, 0.6) is 0 Å². The van der Waals surface area contributed by atoms with Crippen molar-refractivity contribution in [3.63, 3.8) is 0 Å². The smallest absolute Gasteiger partial charge is 0.341 e. The minimum atomic E-state index is -0.505. The number of esters is 2. The Kier molecular flexibility index (Phi) is 9.94. The standard InChI is InChI=1S/C30H28Cl2N4O4/c1-19-23(31)11-5-13-25(19)35-27-21(9-7-15-33-27)29(37)39-17-3-4-18-40-30(38)22-10-8-16-34-28(22)36-26-14-6-12-24(32)20(26)2/h5-16H,3-4,17-18H2,1-2H3,(H,33,35)(H,34,36). The van der Waals surface area contributed by atoms with Gasteiger partial charge in [0, 0.05) is 33.8 Å². The van der Waals surface area contributed by atoms with E-state index in [1.807, 2.05) is 38.1 Å². The topological polar surface area (TPSA) is 102 Å². The van der Waals surface area contributed by atoms with Gasteiger partial charge in [0.05, 0.1) is 13.2 Å². The van der Waals surface area contributed by atoms with Crippen molar-refractivity contribution in [2.24, 2.45) is 0 Å². The van der Waals surface area contributed by atoms with Gasteiger partial charge in [0.15, 0.2) is 0 Å². The number of pyridine rings is 2. The Balaban J connectivity index is 1.26. The highest BCUT2D eigenvalue weighted by atomic mass is 35.5. The summed E-state index contributed by atoms with van der Waals surface area (Å²) in [6.07, 6.45) is 4.20. The van der Waals surface area contributed by atoms with E-state index in [2.05, 4.69) is 20.6 Å². The third kappa shape index (κ3) is 7.28. The fourth-order valence-electron chi connectivity index (χ4n) is 3.77. The highest BCUT2D eigenvalue weighted by Gasteiger charge is 2.17. The molecule has 0 saturated heterocycles. The first-order valence-electron chi connectivity index (χ1n) is 12.6. The number of rotatable bonds is 11. The van der Waals surface area contributed by atoms with Crippen LogP contribution in [0.25, 0.3) is 0 Å². The summed E-state index contributed by atoms with van der Waals surface area (Å²) in [5.74, 6) is -0.259. The first-order valence-corrected chi connectivity index (χ1v) is 13.4. The second kappa shape index (κ2) is 13.8. The molecule has 0 amide bonds. The Morgan fingerprint density at radius 1 is 0.675 bits per heavy atom. The van der Waals surface area contributed by atoms with Gasteiger partial charge in [0.2, 0.25) is 0 Å². The SMILES string of the molecule is Cc1c(Cl)cccc1Nc1ncccc1C(=O)OCCCCOC(=O)c1cccnc1Nc1cccc(Cl)c1C. The molecule has 4 aromatic rings. The average Bonchev–Trinajstić information content (AvgIpc) is 2.96. The predicted octanol–water partition coefficient (Wildman–Crippen LogP) is 7.68. The summed E-state index contributed by atoms with van der Waals surface area (Å²) in [5, 5.41) is 7.53. The predicted molar refractivity (Wildman–Crippen MR) is 157 cm³/mol. The van der Waals surface area contributed by atoms with Gasteiger partial charge < -0.3 is 20.1 Å². The van der Waals surface area contributed by atoms with Crippen molar-refractivity contribution in [3.05, 3.63) is 105 Å². The van der Waals surface area contributed by atoms with Gasteiger partial charge in [-0.1, -0.05) is 35.3 Å². The van der Waals surface area contributed by atoms with Crippen LogP contribution in [0.1, 0.15) is 44.7 Å². The lowest BCUT2D eigenvalue weighted by Gasteiger charge is -2.13. The molecule has 0 radical (unpaired) electrons. The second-order valence-electron chi connectivity index (χ2n) is 8.85. The molecular formula is C30H28Cl2N4O4. The summed E-state index contributed by atoms with van der Waals surface area (Å²) < 4.78 is 10.9. The fourth-order valence-corrected chi connectivity index (χ4v) is 4.12. The molecule has 0 aliphatic carbocycles. The summed E-state index contributed by atoms with van der Waals surface area (Å²) in [6.45, 7) is 4.08. The minimum Gasteiger partial charge on any atom is -0.462 e. The maximum Gasteiger partial charge on any atom is 0.341 e. The largest absolute Gasteiger partial charge is 0.462 e.